The molecule has 4 nitrogen and oxygen atoms in total. The topological polar surface area (TPSA) is 47.7 Å². The van der Waals surface area contributed by atoms with Gasteiger partial charge in [-0.25, -0.2) is 0 Å². The van der Waals surface area contributed by atoms with Crippen molar-refractivity contribution in [2.45, 2.75) is 25.6 Å². The summed E-state index contributed by atoms with van der Waals surface area (Å²) in [6.45, 7) is 6.39. The molecule has 84 valence electrons. The number of hydrogen-bond acceptors (Lipinski definition) is 4. The van der Waals surface area contributed by atoms with Gasteiger partial charge in [-0.2, -0.15) is 0 Å². The van der Waals surface area contributed by atoms with Crippen molar-refractivity contribution in [1.29, 1.82) is 0 Å². The molecule has 0 bridgehead atoms. The van der Waals surface area contributed by atoms with E-state index in [2.05, 4.69) is 4.90 Å². The molecular weight excluding hydrogens is 180 g/mol. The SMILES string of the molecule is CCOC(CN)CN1CCC(OC)C1. The first kappa shape index (κ1) is 11.9. The number of nitrogens with zero attached hydrogens (tertiary/aromatic N) is 1. The molecule has 2 unspecified atom stereocenters. The summed E-state index contributed by atoms with van der Waals surface area (Å²) in [5.74, 6) is 0. The van der Waals surface area contributed by atoms with E-state index in [-0.39, 0.29) is 6.10 Å². The molecule has 0 spiro atoms. The summed E-state index contributed by atoms with van der Waals surface area (Å²) in [4.78, 5) is 2.36. The van der Waals surface area contributed by atoms with Crippen LogP contribution < -0.4 is 5.73 Å². The van der Waals surface area contributed by atoms with Gasteiger partial charge in [-0.1, -0.05) is 0 Å². The molecule has 0 aromatic rings. The number of hydrogen-bond donors (Lipinski definition) is 1. The van der Waals surface area contributed by atoms with Crippen LogP contribution in [0.3, 0.4) is 0 Å². The Kier molecular flexibility index (Phi) is 5.40. The smallest absolute Gasteiger partial charge is 0.0823 e. The summed E-state index contributed by atoms with van der Waals surface area (Å²) in [5.41, 5.74) is 5.62. The maximum atomic E-state index is 5.62. The monoisotopic (exact) mass is 202 g/mol. The first-order valence-electron chi connectivity index (χ1n) is 5.37. The Morgan fingerprint density at radius 1 is 1.57 bits per heavy atom. The third kappa shape index (κ3) is 3.53. The van der Waals surface area contributed by atoms with Crippen LogP contribution in [0.4, 0.5) is 0 Å². The third-order valence-corrected chi connectivity index (χ3v) is 2.69. The molecule has 0 aromatic heterocycles. The van der Waals surface area contributed by atoms with Crippen molar-refractivity contribution in [3.05, 3.63) is 0 Å². The molecule has 0 saturated carbocycles. The van der Waals surface area contributed by atoms with E-state index < -0.39 is 0 Å². The van der Waals surface area contributed by atoms with E-state index >= 15 is 0 Å². The van der Waals surface area contributed by atoms with Crippen LogP contribution in [-0.2, 0) is 9.47 Å². The molecular formula is C10H22N2O2. The molecule has 1 heterocycles. The van der Waals surface area contributed by atoms with Gasteiger partial charge < -0.3 is 15.2 Å². The highest BCUT2D eigenvalue weighted by Crippen LogP contribution is 2.12. The molecule has 14 heavy (non-hydrogen) atoms. The minimum Gasteiger partial charge on any atom is -0.380 e. The molecule has 1 aliphatic rings. The van der Waals surface area contributed by atoms with E-state index in [1.807, 2.05) is 6.92 Å². The molecule has 2 N–H and O–H groups in total. The number of rotatable bonds is 6. The average molecular weight is 202 g/mol. The van der Waals surface area contributed by atoms with Crippen molar-refractivity contribution < 1.29 is 9.47 Å². The maximum Gasteiger partial charge on any atom is 0.0823 e. The molecule has 0 aromatic carbocycles. The standard InChI is InChI=1S/C10H22N2O2/c1-3-14-10(6-11)8-12-5-4-9(7-12)13-2/h9-10H,3-8,11H2,1-2H3. The van der Waals surface area contributed by atoms with Crippen molar-refractivity contribution in [1.82, 2.24) is 4.90 Å². The van der Waals surface area contributed by atoms with Gasteiger partial charge in [0.2, 0.25) is 0 Å². The first-order valence-corrected chi connectivity index (χ1v) is 5.37. The minimum absolute atomic E-state index is 0.176. The highest BCUT2D eigenvalue weighted by molar-refractivity contribution is 4.78. The highest BCUT2D eigenvalue weighted by Gasteiger charge is 2.23. The predicted molar refractivity (Wildman–Crippen MR) is 56.3 cm³/mol. The largest absolute Gasteiger partial charge is 0.380 e. The maximum absolute atomic E-state index is 5.62. The van der Waals surface area contributed by atoms with E-state index in [0.717, 1.165) is 32.7 Å². The zero-order chi connectivity index (χ0) is 10.4. The van der Waals surface area contributed by atoms with Gasteiger partial charge >= 0.3 is 0 Å². The third-order valence-electron chi connectivity index (χ3n) is 2.69. The summed E-state index contributed by atoms with van der Waals surface area (Å²) >= 11 is 0. The van der Waals surface area contributed by atoms with Gasteiger partial charge in [0.1, 0.15) is 0 Å². The van der Waals surface area contributed by atoms with Crippen molar-refractivity contribution in [3.8, 4) is 0 Å². The van der Waals surface area contributed by atoms with Crippen LogP contribution in [0.25, 0.3) is 0 Å². The number of nitrogens with two attached hydrogens (primary N) is 1. The Balaban J connectivity index is 2.22. The molecule has 0 aliphatic carbocycles. The molecule has 1 fully saturated rings. The summed E-state index contributed by atoms with van der Waals surface area (Å²) < 4.78 is 10.8. The Morgan fingerprint density at radius 2 is 2.36 bits per heavy atom. The van der Waals surface area contributed by atoms with Gasteiger partial charge in [0.15, 0.2) is 0 Å². The number of methoxy groups -OCH3 is 1. The minimum atomic E-state index is 0.176. The predicted octanol–water partition coefficient (Wildman–Crippen LogP) is 0.0709. The quantitative estimate of drug-likeness (QED) is 0.662. The van der Waals surface area contributed by atoms with Gasteiger partial charge in [0, 0.05) is 39.9 Å². The Labute approximate surface area is 86.3 Å². The lowest BCUT2D eigenvalue weighted by molar-refractivity contribution is 0.0389. The molecule has 0 radical (unpaired) electrons. The van der Waals surface area contributed by atoms with Crippen LogP contribution in [-0.4, -0.2) is 57.0 Å². The van der Waals surface area contributed by atoms with E-state index in [1.165, 1.54) is 0 Å². The second kappa shape index (κ2) is 6.35. The molecule has 1 saturated heterocycles. The lowest BCUT2D eigenvalue weighted by Crippen LogP contribution is -2.37. The van der Waals surface area contributed by atoms with E-state index in [1.54, 1.807) is 7.11 Å². The summed E-state index contributed by atoms with van der Waals surface area (Å²) in [5, 5.41) is 0. The lowest BCUT2D eigenvalue weighted by Gasteiger charge is -2.22. The zero-order valence-corrected chi connectivity index (χ0v) is 9.24. The Hall–Kier alpha value is -0.160. The molecule has 1 aliphatic heterocycles. The number of ether oxygens (including phenoxy) is 2. The number of likely N-dealkylation sites (tertiary alicyclic amines) is 1. The van der Waals surface area contributed by atoms with Gasteiger partial charge in [0.05, 0.1) is 12.2 Å². The van der Waals surface area contributed by atoms with Crippen LogP contribution in [0.2, 0.25) is 0 Å². The second-order valence-corrected chi connectivity index (χ2v) is 3.72. The molecule has 4 heteroatoms. The molecule has 1 rings (SSSR count). The van der Waals surface area contributed by atoms with Crippen LogP contribution in [0.5, 0.6) is 0 Å². The fraction of sp³-hybridized carbons (Fsp3) is 1.00. The molecule has 0 amide bonds. The van der Waals surface area contributed by atoms with Crippen molar-refractivity contribution in [2.75, 3.05) is 39.9 Å². The second-order valence-electron chi connectivity index (χ2n) is 3.72. The summed E-state index contributed by atoms with van der Waals surface area (Å²) in [6, 6.07) is 0. The van der Waals surface area contributed by atoms with Crippen molar-refractivity contribution in [2.24, 2.45) is 5.73 Å². The van der Waals surface area contributed by atoms with Crippen molar-refractivity contribution >= 4 is 0 Å². The van der Waals surface area contributed by atoms with Gasteiger partial charge in [0.25, 0.3) is 0 Å². The molecule has 2 atom stereocenters. The lowest BCUT2D eigenvalue weighted by atomic mass is 10.3. The summed E-state index contributed by atoms with van der Waals surface area (Å²) in [7, 11) is 1.77. The van der Waals surface area contributed by atoms with E-state index in [0.29, 0.717) is 12.6 Å². The van der Waals surface area contributed by atoms with E-state index in [9.17, 15) is 0 Å². The fourth-order valence-corrected chi connectivity index (χ4v) is 1.87. The highest BCUT2D eigenvalue weighted by atomic mass is 16.5. The zero-order valence-electron chi connectivity index (χ0n) is 9.24. The Morgan fingerprint density at radius 3 is 2.86 bits per heavy atom. The average Bonchev–Trinajstić information content (AvgIpc) is 2.65. The van der Waals surface area contributed by atoms with Crippen LogP contribution >= 0.6 is 0 Å². The first-order chi connectivity index (χ1) is 6.80. The van der Waals surface area contributed by atoms with Crippen molar-refractivity contribution in [3.63, 3.8) is 0 Å². The normalized spacial score (nSPS) is 25.5. The van der Waals surface area contributed by atoms with Gasteiger partial charge in [-0.15, -0.1) is 0 Å². The van der Waals surface area contributed by atoms with Crippen LogP contribution in [0.1, 0.15) is 13.3 Å². The van der Waals surface area contributed by atoms with Gasteiger partial charge in [-0.3, -0.25) is 4.90 Å². The van der Waals surface area contributed by atoms with E-state index in [4.69, 9.17) is 15.2 Å². The Bertz CT molecular complexity index is 155. The fourth-order valence-electron chi connectivity index (χ4n) is 1.87. The van der Waals surface area contributed by atoms with Crippen LogP contribution in [0.15, 0.2) is 0 Å². The summed E-state index contributed by atoms with van der Waals surface area (Å²) in [6.07, 6.45) is 1.70. The van der Waals surface area contributed by atoms with Gasteiger partial charge in [-0.05, 0) is 13.3 Å². The van der Waals surface area contributed by atoms with Crippen LogP contribution in [0, 0.1) is 0 Å².